The second-order valence-corrected chi connectivity index (χ2v) is 5.02. The summed E-state index contributed by atoms with van der Waals surface area (Å²) in [6.07, 6.45) is 0.792. The van der Waals surface area contributed by atoms with Crippen LogP contribution in [0.3, 0.4) is 0 Å². The van der Waals surface area contributed by atoms with Crippen molar-refractivity contribution in [3.8, 4) is 5.69 Å². The van der Waals surface area contributed by atoms with Crippen LogP contribution in [0.5, 0.6) is 0 Å². The maximum Gasteiger partial charge on any atom is 0.271 e. The highest BCUT2D eigenvalue weighted by atomic mass is 16.5. The third-order valence-electron chi connectivity index (χ3n) is 3.21. The minimum absolute atomic E-state index is 0.153. The second kappa shape index (κ2) is 7.04. The first-order valence-electron chi connectivity index (χ1n) is 7.02. The van der Waals surface area contributed by atoms with E-state index >= 15 is 0 Å². The maximum absolute atomic E-state index is 12.0. The molecule has 2 rings (SSSR count). The van der Waals surface area contributed by atoms with E-state index in [0.717, 1.165) is 17.8 Å². The quantitative estimate of drug-likeness (QED) is 0.829. The lowest BCUT2D eigenvalue weighted by Gasteiger charge is -2.04. The van der Waals surface area contributed by atoms with Crippen LogP contribution in [-0.2, 0) is 4.74 Å². The van der Waals surface area contributed by atoms with Gasteiger partial charge in [-0.15, -0.1) is 0 Å². The molecule has 1 aromatic carbocycles. The Morgan fingerprint density at radius 1 is 1.29 bits per heavy atom. The summed E-state index contributed by atoms with van der Waals surface area (Å²) in [5.74, 6) is -0.153. The number of benzene rings is 1. The van der Waals surface area contributed by atoms with E-state index in [0.29, 0.717) is 18.8 Å². The molecule has 0 aliphatic heterocycles. The van der Waals surface area contributed by atoms with E-state index in [1.807, 2.05) is 38.1 Å². The Kier molecular flexibility index (Phi) is 5.11. The van der Waals surface area contributed by atoms with Gasteiger partial charge in [-0.25, -0.2) is 4.68 Å². The van der Waals surface area contributed by atoms with Gasteiger partial charge in [0, 0.05) is 26.0 Å². The summed E-state index contributed by atoms with van der Waals surface area (Å²) in [4.78, 5) is 12.0. The highest BCUT2D eigenvalue weighted by Crippen LogP contribution is 2.13. The molecule has 1 heterocycles. The predicted molar refractivity (Wildman–Crippen MR) is 81.9 cm³/mol. The number of carbonyl (C=O) groups is 1. The number of hydrogen-bond acceptors (Lipinski definition) is 3. The van der Waals surface area contributed by atoms with Crippen LogP contribution in [0.4, 0.5) is 0 Å². The molecule has 0 saturated carbocycles. The average Bonchev–Trinajstić information content (AvgIpc) is 2.86. The van der Waals surface area contributed by atoms with Crippen molar-refractivity contribution in [1.29, 1.82) is 0 Å². The van der Waals surface area contributed by atoms with Crippen LogP contribution in [0, 0.1) is 13.8 Å². The predicted octanol–water partition coefficient (Wildman–Crippen LogP) is 2.26. The first-order valence-corrected chi connectivity index (χ1v) is 7.02. The van der Waals surface area contributed by atoms with Gasteiger partial charge in [0.1, 0.15) is 0 Å². The van der Waals surface area contributed by atoms with Gasteiger partial charge in [-0.2, -0.15) is 5.10 Å². The van der Waals surface area contributed by atoms with Crippen LogP contribution >= 0.6 is 0 Å². The van der Waals surface area contributed by atoms with E-state index in [1.54, 1.807) is 17.9 Å². The molecule has 0 atom stereocenters. The number of nitrogens with one attached hydrogen (secondary N) is 1. The fourth-order valence-electron chi connectivity index (χ4n) is 2.04. The molecule has 5 heteroatoms. The third-order valence-corrected chi connectivity index (χ3v) is 3.21. The maximum atomic E-state index is 12.0. The van der Waals surface area contributed by atoms with Gasteiger partial charge in [0.15, 0.2) is 5.69 Å². The highest BCUT2D eigenvalue weighted by Gasteiger charge is 2.12. The zero-order valence-electron chi connectivity index (χ0n) is 12.7. The van der Waals surface area contributed by atoms with E-state index in [2.05, 4.69) is 10.4 Å². The van der Waals surface area contributed by atoms with Crippen molar-refractivity contribution < 1.29 is 9.53 Å². The first kappa shape index (κ1) is 15.3. The van der Waals surface area contributed by atoms with Crippen molar-refractivity contribution in [1.82, 2.24) is 15.1 Å². The molecule has 0 aliphatic carbocycles. The van der Waals surface area contributed by atoms with Crippen LogP contribution < -0.4 is 5.32 Å². The molecule has 21 heavy (non-hydrogen) atoms. The molecular weight excluding hydrogens is 266 g/mol. The summed E-state index contributed by atoms with van der Waals surface area (Å²) in [6.45, 7) is 5.20. The zero-order valence-corrected chi connectivity index (χ0v) is 12.7. The fraction of sp³-hybridized carbons (Fsp3) is 0.375. The molecule has 0 unspecified atom stereocenters. The topological polar surface area (TPSA) is 56.1 Å². The Morgan fingerprint density at radius 3 is 2.67 bits per heavy atom. The average molecular weight is 287 g/mol. The summed E-state index contributed by atoms with van der Waals surface area (Å²) in [5.41, 5.74) is 3.52. The molecule has 0 aliphatic rings. The number of aromatic nitrogens is 2. The summed E-state index contributed by atoms with van der Waals surface area (Å²) < 4.78 is 6.73. The van der Waals surface area contributed by atoms with Crippen molar-refractivity contribution in [2.75, 3.05) is 20.3 Å². The molecule has 1 aromatic heterocycles. The minimum atomic E-state index is -0.153. The molecule has 2 aromatic rings. The fourth-order valence-corrected chi connectivity index (χ4v) is 2.04. The molecule has 0 bridgehead atoms. The van der Waals surface area contributed by atoms with Crippen LogP contribution in [0.2, 0.25) is 0 Å². The Hall–Kier alpha value is -2.14. The molecule has 1 amide bonds. The van der Waals surface area contributed by atoms with Gasteiger partial charge in [-0.3, -0.25) is 4.79 Å². The minimum Gasteiger partial charge on any atom is -0.385 e. The number of carbonyl (C=O) groups excluding carboxylic acids is 1. The van der Waals surface area contributed by atoms with E-state index in [-0.39, 0.29) is 5.91 Å². The Labute approximate surface area is 124 Å². The Balaban J connectivity index is 2.08. The standard InChI is InChI=1S/C16H21N3O2/c1-12-5-7-14(8-6-12)19-13(2)11-15(18-19)16(20)17-9-4-10-21-3/h5-8,11H,4,9-10H2,1-3H3,(H,17,20). The first-order chi connectivity index (χ1) is 10.1. The van der Waals surface area contributed by atoms with E-state index < -0.39 is 0 Å². The lowest BCUT2D eigenvalue weighted by Crippen LogP contribution is -2.25. The molecule has 112 valence electrons. The Bertz CT molecular complexity index is 602. The third kappa shape index (κ3) is 3.92. The van der Waals surface area contributed by atoms with Crippen molar-refractivity contribution in [2.45, 2.75) is 20.3 Å². The summed E-state index contributed by atoms with van der Waals surface area (Å²) in [5, 5.41) is 7.22. The summed E-state index contributed by atoms with van der Waals surface area (Å²) in [6, 6.07) is 9.85. The van der Waals surface area contributed by atoms with E-state index in [4.69, 9.17) is 4.74 Å². The number of nitrogens with zero attached hydrogens (tertiary/aromatic N) is 2. The van der Waals surface area contributed by atoms with Crippen molar-refractivity contribution in [3.05, 3.63) is 47.3 Å². The molecule has 1 N–H and O–H groups in total. The van der Waals surface area contributed by atoms with Crippen LogP contribution in [0.25, 0.3) is 5.69 Å². The van der Waals surface area contributed by atoms with Crippen LogP contribution in [-0.4, -0.2) is 35.9 Å². The molecule has 0 saturated heterocycles. The summed E-state index contributed by atoms with van der Waals surface area (Å²) >= 11 is 0. The van der Waals surface area contributed by atoms with Gasteiger partial charge in [0.2, 0.25) is 0 Å². The van der Waals surface area contributed by atoms with Crippen LogP contribution in [0.1, 0.15) is 28.2 Å². The molecule has 0 spiro atoms. The van der Waals surface area contributed by atoms with Crippen molar-refractivity contribution in [3.63, 3.8) is 0 Å². The second-order valence-electron chi connectivity index (χ2n) is 5.02. The SMILES string of the molecule is COCCCNC(=O)c1cc(C)n(-c2ccc(C)cc2)n1. The monoisotopic (exact) mass is 287 g/mol. The number of methoxy groups -OCH3 is 1. The van der Waals surface area contributed by atoms with Gasteiger partial charge >= 0.3 is 0 Å². The normalized spacial score (nSPS) is 10.6. The van der Waals surface area contributed by atoms with Gasteiger partial charge in [-0.05, 0) is 38.5 Å². The highest BCUT2D eigenvalue weighted by molar-refractivity contribution is 5.92. The Morgan fingerprint density at radius 2 is 2.00 bits per heavy atom. The van der Waals surface area contributed by atoms with Gasteiger partial charge < -0.3 is 10.1 Å². The zero-order chi connectivity index (χ0) is 15.2. The molecular formula is C16H21N3O2. The molecule has 0 radical (unpaired) electrons. The summed E-state index contributed by atoms with van der Waals surface area (Å²) in [7, 11) is 1.65. The van der Waals surface area contributed by atoms with Crippen molar-refractivity contribution >= 4 is 5.91 Å². The van der Waals surface area contributed by atoms with E-state index in [1.165, 1.54) is 5.56 Å². The molecule has 5 nitrogen and oxygen atoms in total. The lowest BCUT2D eigenvalue weighted by atomic mass is 10.2. The van der Waals surface area contributed by atoms with Gasteiger partial charge in [0.05, 0.1) is 5.69 Å². The largest absolute Gasteiger partial charge is 0.385 e. The number of aryl methyl sites for hydroxylation is 2. The van der Waals surface area contributed by atoms with Gasteiger partial charge in [0.25, 0.3) is 5.91 Å². The smallest absolute Gasteiger partial charge is 0.271 e. The number of rotatable bonds is 6. The lowest BCUT2D eigenvalue weighted by molar-refractivity contribution is 0.0943. The van der Waals surface area contributed by atoms with Crippen LogP contribution in [0.15, 0.2) is 30.3 Å². The van der Waals surface area contributed by atoms with Gasteiger partial charge in [-0.1, -0.05) is 17.7 Å². The molecule has 0 fully saturated rings. The number of amides is 1. The van der Waals surface area contributed by atoms with E-state index in [9.17, 15) is 4.79 Å². The van der Waals surface area contributed by atoms with Crippen molar-refractivity contribution in [2.24, 2.45) is 0 Å². The number of ether oxygens (including phenoxy) is 1. The number of hydrogen-bond donors (Lipinski definition) is 1.